The third-order valence-corrected chi connectivity index (χ3v) is 5.43. The highest BCUT2D eigenvalue weighted by Gasteiger charge is 2.26. The number of amides is 1. The number of nitro benzene ring substituents is 1. The fraction of sp³-hybridized carbons (Fsp3) is 0.227. The summed E-state index contributed by atoms with van der Waals surface area (Å²) in [4.78, 5) is 27.1. The number of benzene rings is 3. The number of carbonyl (C=O) groups excluding carboxylic acids is 1. The van der Waals surface area contributed by atoms with Crippen LogP contribution in [0.4, 0.5) is 11.4 Å². The summed E-state index contributed by atoms with van der Waals surface area (Å²) in [6, 6.07) is 18.3. The first-order valence-corrected chi connectivity index (χ1v) is 9.97. The first-order valence-electron chi connectivity index (χ1n) is 9.59. The molecule has 0 spiro atoms. The third-order valence-electron chi connectivity index (χ3n) is 5.19. The molecule has 0 atom stereocenters. The summed E-state index contributed by atoms with van der Waals surface area (Å²) < 4.78 is 5.70. The number of nitro groups is 1. The van der Waals surface area contributed by atoms with Crippen LogP contribution < -0.4 is 9.64 Å². The number of hydrogen-bond acceptors (Lipinski definition) is 5. The summed E-state index contributed by atoms with van der Waals surface area (Å²) in [7, 11) is 0. The predicted molar refractivity (Wildman–Crippen MR) is 116 cm³/mol. The lowest BCUT2D eigenvalue weighted by Gasteiger charge is -2.35. The van der Waals surface area contributed by atoms with Crippen LogP contribution in [0.25, 0.3) is 10.8 Å². The standard InChI is InChI=1S/C22H20ClN3O4/c23-18-6-8-20(21(14-18)26(28)29)24-9-11-25(12-10-24)22(27)15-30-19-7-5-16-3-1-2-4-17(16)13-19/h1-8,13-14H,9-12,15H2. The molecule has 1 heterocycles. The van der Waals surface area contributed by atoms with Gasteiger partial charge in [0.05, 0.1) is 4.92 Å². The molecule has 0 saturated carbocycles. The monoisotopic (exact) mass is 425 g/mol. The molecule has 1 saturated heterocycles. The molecule has 0 bridgehead atoms. The summed E-state index contributed by atoms with van der Waals surface area (Å²) in [6.07, 6.45) is 0. The lowest BCUT2D eigenvalue weighted by Crippen LogP contribution is -2.50. The topological polar surface area (TPSA) is 75.9 Å². The van der Waals surface area contributed by atoms with Gasteiger partial charge in [-0.2, -0.15) is 0 Å². The Labute approximate surface area is 178 Å². The molecule has 8 heteroatoms. The van der Waals surface area contributed by atoms with Crippen molar-refractivity contribution < 1.29 is 14.5 Å². The summed E-state index contributed by atoms with van der Waals surface area (Å²) in [5.41, 5.74) is 0.492. The number of anilines is 1. The van der Waals surface area contributed by atoms with E-state index in [1.807, 2.05) is 47.4 Å². The quantitative estimate of drug-likeness (QED) is 0.454. The SMILES string of the molecule is O=C(COc1ccc2ccccc2c1)N1CCN(c2ccc(Cl)cc2[N+](=O)[O-])CC1. The van der Waals surface area contributed by atoms with Crippen LogP contribution >= 0.6 is 11.6 Å². The van der Waals surface area contributed by atoms with Crippen molar-refractivity contribution in [2.45, 2.75) is 0 Å². The van der Waals surface area contributed by atoms with Crippen molar-refractivity contribution in [2.75, 3.05) is 37.7 Å². The van der Waals surface area contributed by atoms with Crippen molar-refractivity contribution in [3.63, 3.8) is 0 Å². The molecule has 1 aliphatic rings. The van der Waals surface area contributed by atoms with Gasteiger partial charge in [0, 0.05) is 37.3 Å². The van der Waals surface area contributed by atoms with Gasteiger partial charge in [0.2, 0.25) is 0 Å². The third kappa shape index (κ3) is 4.31. The van der Waals surface area contributed by atoms with Gasteiger partial charge in [-0.1, -0.05) is 41.9 Å². The number of fused-ring (bicyclic) bond motifs is 1. The fourth-order valence-electron chi connectivity index (χ4n) is 3.60. The Morgan fingerprint density at radius 3 is 2.47 bits per heavy atom. The second-order valence-corrected chi connectivity index (χ2v) is 7.49. The number of nitrogens with zero attached hydrogens (tertiary/aromatic N) is 3. The molecule has 4 rings (SSSR count). The Morgan fingerprint density at radius 1 is 1.00 bits per heavy atom. The molecule has 154 valence electrons. The minimum atomic E-state index is -0.434. The minimum absolute atomic E-state index is 0.0260. The van der Waals surface area contributed by atoms with Crippen LogP contribution in [0.2, 0.25) is 5.02 Å². The average Bonchev–Trinajstić information content (AvgIpc) is 2.77. The van der Waals surface area contributed by atoms with Gasteiger partial charge >= 0.3 is 0 Å². The highest BCUT2D eigenvalue weighted by atomic mass is 35.5. The van der Waals surface area contributed by atoms with E-state index >= 15 is 0 Å². The zero-order chi connectivity index (χ0) is 21.1. The molecule has 3 aromatic carbocycles. The van der Waals surface area contributed by atoms with Crippen LogP contribution in [0.1, 0.15) is 0 Å². The van der Waals surface area contributed by atoms with E-state index in [4.69, 9.17) is 16.3 Å². The molecule has 0 aliphatic carbocycles. The van der Waals surface area contributed by atoms with Crippen molar-refractivity contribution in [1.29, 1.82) is 0 Å². The van der Waals surface area contributed by atoms with Gasteiger partial charge in [0.25, 0.3) is 11.6 Å². The van der Waals surface area contributed by atoms with E-state index in [1.54, 1.807) is 17.0 Å². The maximum atomic E-state index is 12.6. The van der Waals surface area contributed by atoms with Crippen molar-refractivity contribution in [3.05, 3.63) is 75.8 Å². The molecule has 3 aromatic rings. The van der Waals surface area contributed by atoms with Gasteiger partial charge in [0.1, 0.15) is 11.4 Å². The summed E-state index contributed by atoms with van der Waals surface area (Å²) in [5.74, 6) is 0.547. The number of hydrogen-bond donors (Lipinski definition) is 0. The first kappa shape index (κ1) is 20.0. The number of carbonyl (C=O) groups is 1. The zero-order valence-corrected chi connectivity index (χ0v) is 16.9. The number of ether oxygens (including phenoxy) is 1. The van der Waals surface area contributed by atoms with Gasteiger partial charge < -0.3 is 14.5 Å². The number of piperazine rings is 1. The van der Waals surface area contributed by atoms with Crippen LogP contribution in [0.15, 0.2) is 60.7 Å². The molecule has 30 heavy (non-hydrogen) atoms. The molecule has 1 amide bonds. The van der Waals surface area contributed by atoms with Crippen LogP contribution in [0, 0.1) is 10.1 Å². The van der Waals surface area contributed by atoms with E-state index in [0.717, 1.165) is 10.8 Å². The lowest BCUT2D eigenvalue weighted by molar-refractivity contribution is -0.384. The van der Waals surface area contributed by atoms with Crippen LogP contribution in [-0.4, -0.2) is 48.5 Å². The number of rotatable bonds is 5. The van der Waals surface area contributed by atoms with Crippen molar-refractivity contribution in [1.82, 2.24) is 4.90 Å². The van der Waals surface area contributed by atoms with Gasteiger partial charge in [0.15, 0.2) is 6.61 Å². The summed E-state index contributed by atoms with van der Waals surface area (Å²) in [6.45, 7) is 1.91. The maximum absolute atomic E-state index is 12.6. The number of halogens is 1. The second kappa shape index (κ2) is 8.59. The highest BCUT2D eigenvalue weighted by molar-refractivity contribution is 6.30. The normalized spacial score (nSPS) is 14.0. The molecule has 0 radical (unpaired) electrons. The second-order valence-electron chi connectivity index (χ2n) is 7.06. The van der Waals surface area contributed by atoms with Gasteiger partial charge in [-0.3, -0.25) is 14.9 Å². The minimum Gasteiger partial charge on any atom is -0.484 e. The zero-order valence-electron chi connectivity index (χ0n) is 16.2. The van der Waals surface area contributed by atoms with E-state index < -0.39 is 4.92 Å². The van der Waals surface area contributed by atoms with Crippen LogP contribution in [-0.2, 0) is 4.79 Å². The van der Waals surface area contributed by atoms with E-state index in [-0.39, 0.29) is 18.2 Å². The molecule has 7 nitrogen and oxygen atoms in total. The molecule has 1 aliphatic heterocycles. The van der Waals surface area contributed by atoms with E-state index in [0.29, 0.717) is 42.6 Å². The smallest absolute Gasteiger partial charge is 0.294 e. The lowest BCUT2D eigenvalue weighted by atomic mass is 10.1. The van der Waals surface area contributed by atoms with Gasteiger partial charge in [-0.25, -0.2) is 0 Å². The Kier molecular flexibility index (Phi) is 5.72. The maximum Gasteiger partial charge on any atom is 0.294 e. The Hall–Kier alpha value is -3.32. The molecule has 0 N–H and O–H groups in total. The molecular weight excluding hydrogens is 406 g/mol. The van der Waals surface area contributed by atoms with Crippen molar-refractivity contribution >= 4 is 39.7 Å². The molecule has 1 fully saturated rings. The van der Waals surface area contributed by atoms with Crippen molar-refractivity contribution in [2.24, 2.45) is 0 Å². The van der Waals surface area contributed by atoms with Gasteiger partial charge in [-0.15, -0.1) is 0 Å². The fourth-order valence-corrected chi connectivity index (χ4v) is 3.77. The van der Waals surface area contributed by atoms with E-state index in [9.17, 15) is 14.9 Å². The first-order chi connectivity index (χ1) is 14.5. The Bertz CT molecular complexity index is 1100. The predicted octanol–water partition coefficient (Wildman–Crippen LogP) is 4.13. The molecular formula is C22H20ClN3O4. The highest BCUT2D eigenvalue weighted by Crippen LogP contribution is 2.31. The Morgan fingerprint density at radius 2 is 1.73 bits per heavy atom. The van der Waals surface area contributed by atoms with Crippen molar-refractivity contribution in [3.8, 4) is 5.75 Å². The van der Waals surface area contributed by atoms with E-state index in [1.165, 1.54) is 6.07 Å². The average molecular weight is 426 g/mol. The molecule has 0 unspecified atom stereocenters. The largest absolute Gasteiger partial charge is 0.484 e. The summed E-state index contributed by atoms with van der Waals surface area (Å²) >= 11 is 5.89. The van der Waals surface area contributed by atoms with Gasteiger partial charge in [-0.05, 0) is 35.0 Å². The summed E-state index contributed by atoms with van der Waals surface area (Å²) in [5, 5.41) is 13.8. The molecule has 0 aromatic heterocycles. The van der Waals surface area contributed by atoms with Crippen LogP contribution in [0.5, 0.6) is 5.75 Å². The Balaban J connectivity index is 1.35. The van der Waals surface area contributed by atoms with E-state index in [2.05, 4.69) is 0 Å². The van der Waals surface area contributed by atoms with Crippen LogP contribution in [0.3, 0.4) is 0 Å².